The predicted octanol–water partition coefficient (Wildman–Crippen LogP) is 0.323. The second kappa shape index (κ2) is 6.10. The van der Waals surface area contributed by atoms with Crippen molar-refractivity contribution in [2.75, 3.05) is 11.9 Å². The molecule has 0 aromatic carbocycles. The van der Waals surface area contributed by atoms with Crippen molar-refractivity contribution in [1.29, 1.82) is 0 Å². The maximum absolute atomic E-state index is 11.7. The summed E-state index contributed by atoms with van der Waals surface area (Å²) >= 11 is 0. The fourth-order valence-corrected chi connectivity index (χ4v) is 1.50. The summed E-state index contributed by atoms with van der Waals surface area (Å²) in [5.74, 6) is 0.813. The smallest absolute Gasteiger partial charge is 0.247 e. The molecule has 8 heteroatoms. The van der Waals surface area contributed by atoms with Crippen LogP contribution in [0.4, 0.5) is 5.82 Å². The van der Waals surface area contributed by atoms with Gasteiger partial charge >= 0.3 is 0 Å². The van der Waals surface area contributed by atoms with Gasteiger partial charge in [-0.15, -0.1) is 5.10 Å². The molecule has 8 nitrogen and oxygen atoms in total. The zero-order chi connectivity index (χ0) is 13.7. The fourth-order valence-electron chi connectivity index (χ4n) is 1.50. The van der Waals surface area contributed by atoms with Crippen LogP contribution in [0.3, 0.4) is 0 Å². The van der Waals surface area contributed by atoms with E-state index in [1.807, 2.05) is 6.92 Å². The van der Waals surface area contributed by atoms with Gasteiger partial charge in [0, 0.05) is 12.6 Å². The van der Waals surface area contributed by atoms with Crippen LogP contribution in [-0.4, -0.2) is 32.6 Å². The van der Waals surface area contributed by atoms with Crippen LogP contribution in [0, 0.1) is 6.92 Å². The molecule has 0 saturated heterocycles. The van der Waals surface area contributed by atoms with Gasteiger partial charge < -0.3 is 15.2 Å². The van der Waals surface area contributed by atoms with Crippen LogP contribution in [0.15, 0.2) is 16.8 Å². The topological polar surface area (TPSA) is 97.9 Å². The second-order valence-corrected chi connectivity index (χ2v) is 4.06. The van der Waals surface area contributed by atoms with Crippen molar-refractivity contribution in [1.82, 2.24) is 25.5 Å². The lowest BCUT2D eigenvalue weighted by molar-refractivity contribution is -0.117. The fraction of sp³-hybridized carbons (Fsp3) is 0.455. The summed E-state index contributed by atoms with van der Waals surface area (Å²) in [5, 5.41) is 17.3. The molecule has 2 aromatic heterocycles. The number of hydrogen-bond acceptors (Lipinski definition) is 6. The van der Waals surface area contributed by atoms with E-state index in [-0.39, 0.29) is 12.5 Å². The number of carbonyl (C=O) groups is 1. The summed E-state index contributed by atoms with van der Waals surface area (Å²) in [4.78, 5) is 11.7. The Bertz CT molecular complexity index is 547. The lowest BCUT2D eigenvalue weighted by Crippen LogP contribution is -2.19. The molecule has 0 bridgehead atoms. The van der Waals surface area contributed by atoms with Gasteiger partial charge in [0.1, 0.15) is 12.3 Å². The maximum Gasteiger partial charge on any atom is 0.247 e. The highest BCUT2D eigenvalue weighted by Gasteiger charge is 2.08. The number of amides is 1. The lowest BCUT2D eigenvalue weighted by Gasteiger charge is -2.00. The Labute approximate surface area is 110 Å². The third kappa shape index (κ3) is 3.88. The van der Waals surface area contributed by atoms with Gasteiger partial charge in [0.05, 0.1) is 11.9 Å². The van der Waals surface area contributed by atoms with E-state index < -0.39 is 0 Å². The minimum atomic E-state index is -0.229. The summed E-state index contributed by atoms with van der Waals surface area (Å²) in [6, 6.07) is 1.65. The van der Waals surface area contributed by atoms with Crippen molar-refractivity contribution >= 4 is 11.7 Å². The third-order valence-electron chi connectivity index (χ3n) is 2.34. The molecule has 0 saturated carbocycles. The van der Waals surface area contributed by atoms with Gasteiger partial charge in [-0.2, -0.15) is 0 Å². The van der Waals surface area contributed by atoms with Gasteiger partial charge in [0.15, 0.2) is 5.82 Å². The minimum absolute atomic E-state index is 0.0883. The second-order valence-electron chi connectivity index (χ2n) is 4.06. The molecule has 0 aliphatic heterocycles. The van der Waals surface area contributed by atoms with Gasteiger partial charge in [-0.25, -0.2) is 4.68 Å². The highest BCUT2D eigenvalue weighted by Crippen LogP contribution is 2.06. The molecule has 0 unspecified atom stereocenters. The van der Waals surface area contributed by atoms with Crippen LogP contribution >= 0.6 is 0 Å². The molecule has 2 rings (SSSR count). The van der Waals surface area contributed by atoms with Gasteiger partial charge in [0.2, 0.25) is 5.91 Å². The number of anilines is 1. The van der Waals surface area contributed by atoms with Crippen LogP contribution in [0.5, 0.6) is 0 Å². The molecule has 0 aliphatic carbocycles. The lowest BCUT2D eigenvalue weighted by atomic mass is 10.4. The molecule has 0 fully saturated rings. The number of hydrogen-bond donors (Lipinski definition) is 2. The first-order valence-corrected chi connectivity index (χ1v) is 6.00. The van der Waals surface area contributed by atoms with E-state index >= 15 is 0 Å². The largest absolute Gasteiger partial charge is 0.360 e. The number of carbonyl (C=O) groups excluding carboxylic acids is 1. The molecule has 19 heavy (non-hydrogen) atoms. The first-order valence-electron chi connectivity index (χ1n) is 6.00. The van der Waals surface area contributed by atoms with Crippen molar-refractivity contribution in [3.8, 4) is 0 Å². The third-order valence-corrected chi connectivity index (χ3v) is 2.34. The van der Waals surface area contributed by atoms with E-state index in [1.54, 1.807) is 19.2 Å². The van der Waals surface area contributed by atoms with E-state index in [2.05, 4.69) is 26.1 Å². The molecular weight excluding hydrogens is 248 g/mol. The normalized spacial score (nSPS) is 10.6. The molecule has 0 atom stereocenters. The van der Waals surface area contributed by atoms with Crippen LogP contribution in [-0.2, 0) is 17.9 Å². The zero-order valence-corrected chi connectivity index (χ0v) is 10.9. The van der Waals surface area contributed by atoms with E-state index in [1.165, 1.54) is 4.68 Å². The van der Waals surface area contributed by atoms with Crippen LogP contribution < -0.4 is 10.6 Å². The average Bonchev–Trinajstić information content (AvgIpc) is 2.96. The molecular formula is C11H16N6O2. The highest BCUT2D eigenvalue weighted by atomic mass is 16.5. The van der Waals surface area contributed by atoms with Gasteiger partial charge in [-0.3, -0.25) is 4.79 Å². The number of nitrogens with zero attached hydrogens (tertiary/aromatic N) is 4. The first kappa shape index (κ1) is 13.2. The van der Waals surface area contributed by atoms with Crippen molar-refractivity contribution in [2.24, 2.45) is 0 Å². The standard InChI is InChI=1S/C11H16N6O2/c1-3-12-5-9-6-17(16-14-9)7-11(18)13-10-4-8(2)19-15-10/h4,6,12H,3,5,7H2,1-2H3,(H,13,15,18). The molecule has 0 aliphatic rings. The Morgan fingerprint density at radius 1 is 1.53 bits per heavy atom. The Morgan fingerprint density at radius 2 is 2.37 bits per heavy atom. The maximum atomic E-state index is 11.7. The molecule has 2 N–H and O–H groups in total. The summed E-state index contributed by atoms with van der Waals surface area (Å²) in [7, 11) is 0. The van der Waals surface area contributed by atoms with E-state index in [0.29, 0.717) is 18.1 Å². The highest BCUT2D eigenvalue weighted by molar-refractivity contribution is 5.89. The zero-order valence-electron chi connectivity index (χ0n) is 10.9. The Balaban J connectivity index is 1.86. The van der Waals surface area contributed by atoms with E-state index in [4.69, 9.17) is 4.52 Å². The van der Waals surface area contributed by atoms with E-state index in [9.17, 15) is 4.79 Å². The van der Waals surface area contributed by atoms with Crippen molar-refractivity contribution in [3.63, 3.8) is 0 Å². The van der Waals surface area contributed by atoms with Gasteiger partial charge in [-0.05, 0) is 13.5 Å². The molecule has 0 radical (unpaired) electrons. The molecule has 102 valence electrons. The molecule has 2 heterocycles. The average molecular weight is 264 g/mol. The van der Waals surface area contributed by atoms with Crippen molar-refractivity contribution < 1.29 is 9.32 Å². The molecule has 1 amide bonds. The Kier molecular flexibility index (Phi) is 4.24. The monoisotopic (exact) mass is 264 g/mol. The summed E-state index contributed by atoms with van der Waals surface area (Å²) in [6.45, 7) is 5.36. The number of aryl methyl sites for hydroxylation is 1. The van der Waals surface area contributed by atoms with Crippen molar-refractivity contribution in [3.05, 3.63) is 23.7 Å². The number of rotatable bonds is 6. The predicted molar refractivity (Wildman–Crippen MR) is 67.3 cm³/mol. The summed E-state index contributed by atoms with van der Waals surface area (Å²) in [5.41, 5.74) is 0.798. The Morgan fingerprint density at radius 3 is 3.05 bits per heavy atom. The van der Waals surface area contributed by atoms with Crippen molar-refractivity contribution in [2.45, 2.75) is 26.9 Å². The SMILES string of the molecule is CCNCc1cn(CC(=O)Nc2cc(C)on2)nn1. The first-order chi connectivity index (χ1) is 9.17. The molecule has 0 spiro atoms. The summed E-state index contributed by atoms with van der Waals surface area (Å²) in [6.07, 6.45) is 1.73. The Hall–Kier alpha value is -2.22. The van der Waals surface area contributed by atoms with Crippen LogP contribution in [0.1, 0.15) is 18.4 Å². The number of aromatic nitrogens is 4. The van der Waals surface area contributed by atoms with Crippen LogP contribution in [0.2, 0.25) is 0 Å². The molecule has 2 aromatic rings. The minimum Gasteiger partial charge on any atom is -0.360 e. The number of nitrogens with one attached hydrogen (secondary N) is 2. The van der Waals surface area contributed by atoms with Gasteiger partial charge in [0.25, 0.3) is 0 Å². The van der Waals surface area contributed by atoms with E-state index in [0.717, 1.165) is 12.2 Å². The quantitative estimate of drug-likeness (QED) is 0.780. The van der Waals surface area contributed by atoms with Gasteiger partial charge in [-0.1, -0.05) is 17.3 Å². The van der Waals surface area contributed by atoms with Crippen LogP contribution in [0.25, 0.3) is 0 Å². The summed E-state index contributed by atoms with van der Waals surface area (Å²) < 4.78 is 6.34.